The minimum absolute atomic E-state index is 0.0194. The zero-order valence-corrected chi connectivity index (χ0v) is 15.1. The predicted octanol–water partition coefficient (Wildman–Crippen LogP) is 4.31. The maximum Gasteiger partial charge on any atom is 0.271 e. The van der Waals surface area contributed by atoms with E-state index in [0.717, 1.165) is 37.9 Å². The number of amides is 1. The van der Waals surface area contributed by atoms with Crippen molar-refractivity contribution in [1.29, 1.82) is 0 Å². The molecule has 1 aromatic heterocycles. The number of aromatic amines is 1. The molecule has 1 fully saturated rings. The van der Waals surface area contributed by atoms with E-state index >= 15 is 0 Å². The molecular formula is C22H22FN3O. The Balaban J connectivity index is 1.36. The number of rotatable bonds is 4. The molecule has 2 aromatic carbocycles. The molecule has 27 heavy (non-hydrogen) atoms. The summed E-state index contributed by atoms with van der Waals surface area (Å²) in [5.41, 5.74) is 3.28. The van der Waals surface area contributed by atoms with Crippen LogP contribution in [0.4, 0.5) is 4.39 Å². The van der Waals surface area contributed by atoms with Gasteiger partial charge in [0, 0.05) is 18.7 Å². The van der Waals surface area contributed by atoms with Gasteiger partial charge in [-0.25, -0.2) is 4.39 Å². The van der Waals surface area contributed by atoms with Gasteiger partial charge < -0.3 is 4.90 Å². The van der Waals surface area contributed by atoms with E-state index in [4.69, 9.17) is 0 Å². The van der Waals surface area contributed by atoms with Crippen LogP contribution in [0.5, 0.6) is 0 Å². The number of hydrogen-bond acceptors (Lipinski definition) is 2. The fraction of sp³-hybridized carbons (Fsp3) is 0.273. The molecule has 1 amide bonds. The highest BCUT2D eigenvalue weighted by molar-refractivity contribution is 5.93. The normalized spacial score (nSPS) is 15.1. The highest BCUT2D eigenvalue weighted by Crippen LogP contribution is 2.24. The van der Waals surface area contributed by atoms with Gasteiger partial charge in [0.25, 0.3) is 5.91 Å². The molecule has 0 bridgehead atoms. The third-order valence-electron chi connectivity index (χ3n) is 5.22. The number of nitrogens with one attached hydrogen (secondary N) is 1. The molecule has 3 aromatic rings. The van der Waals surface area contributed by atoms with Crippen molar-refractivity contribution in [3.05, 3.63) is 77.7 Å². The molecule has 1 aliphatic heterocycles. The van der Waals surface area contributed by atoms with E-state index in [1.807, 2.05) is 11.0 Å². The Bertz CT molecular complexity index is 897. The molecule has 1 saturated heterocycles. The molecule has 0 aliphatic carbocycles. The first-order chi connectivity index (χ1) is 13.2. The van der Waals surface area contributed by atoms with Crippen molar-refractivity contribution >= 4 is 5.91 Å². The fourth-order valence-corrected chi connectivity index (χ4v) is 3.66. The van der Waals surface area contributed by atoms with Crippen LogP contribution in [-0.2, 0) is 6.42 Å². The van der Waals surface area contributed by atoms with Gasteiger partial charge in [-0.2, -0.15) is 5.10 Å². The number of benzene rings is 2. The van der Waals surface area contributed by atoms with Crippen LogP contribution in [0, 0.1) is 11.7 Å². The number of nitrogens with zero attached hydrogens (tertiary/aromatic N) is 2. The average molecular weight is 363 g/mol. The van der Waals surface area contributed by atoms with Crippen LogP contribution in [0.25, 0.3) is 11.3 Å². The Labute approximate surface area is 158 Å². The van der Waals surface area contributed by atoms with Crippen molar-refractivity contribution in [2.24, 2.45) is 5.92 Å². The molecule has 0 atom stereocenters. The summed E-state index contributed by atoms with van der Waals surface area (Å²) in [6.45, 7) is 1.53. The SMILES string of the molecule is O=C(c1cc(-c2ccc(F)cc2)n[nH]1)N1CCC(Cc2ccccc2)CC1. The molecule has 0 spiro atoms. The number of halogens is 1. The molecule has 4 rings (SSSR count). The van der Waals surface area contributed by atoms with Crippen molar-refractivity contribution in [3.8, 4) is 11.3 Å². The monoisotopic (exact) mass is 363 g/mol. The van der Waals surface area contributed by atoms with Crippen molar-refractivity contribution in [2.75, 3.05) is 13.1 Å². The van der Waals surface area contributed by atoms with Crippen molar-refractivity contribution in [1.82, 2.24) is 15.1 Å². The van der Waals surface area contributed by atoms with Gasteiger partial charge in [-0.15, -0.1) is 0 Å². The first kappa shape index (κ1) is 17.5. The smallest absolute Gasteiger partial charge is 0.271 e. The summed E-state index contributed by atoms with van der Waals surface area (Å²) in [5, 5.41) is 7.04. The van der Waals surface area contributed by atoms with Crippen molar-refractivity contribution in [2.45, 2.75) is 19.3 Å². The maximum atomic E-state index is 13.1. The van der Waals surface area contributed by atoms with E-state index in [2.05, 4.69) is 34.5 Å². The Morgan fingerprint density at radius 3 is 2.48 bits per heavy atom. The Morgan fingerprint density at radius 1 is 1.07 bits per heavy atom. The first-order valence-corrected chi connectivity index (χ1v) is 9.33. The zero-order valence-electron chi connectivity index (χ0n) is 15.1. The minimum atomic E-state index is -0.288. The van der Waals surface area contributed by atoms with Gasteiger partial charge >= 0.3 is 0 Å². The van der Waals surface area contributed by atoms with Crippen LogP contribution >= 0.6 is 0 Å². The molecule has 5 heteroatoms. The van der Waals surface area contributed by atoms with Gasteiger partial charge in [-0.3, -0.25) is 9.89 Å². The third kappa shape index (κ3) is 4.08. The second kappa shape index (κ2) is 7.74. The van der Waals surface area contributed by atoms with Gasteiger partial charge in [0.15, 0.2) is 0 Å². The number of aromatic nitrogens is 2. The Morgan fingerprint density at radius 2 is 1.78 bits per heavy atom. The summed E-state index contributed by atoms with van der Waals surface area (Å²) < 4.78 is 13.1. The summed E-state index contributed by atoms with van der Waals surface area (Å²) in [7, 11) is 0. The quantitative estimate of drug-likeness (QED) is 0.751. The van der Waals surface area contributed by atoms with Crippen LogP contribution in [0.3, 0.4) is 0 Å². The second-order valence-corrected chi connectivity index (χ2v) is 7.10. The molecule has 0 radical (unpaired) electrons. The summed E-state index contributed by atoms with van der Waals surface area (Å²) in [6, 6.07) is 18.4. The highest BCUT2D eigenvalue weighted by atomic mass is 19.1. The molecule has 138 valence electrons. The van der Waals surface area contributed by atoms with Crippen LogP contribution < -0.4 is 0 Å². The van der Waals surface area contributed by atoms with Gasteiger partial charge in [0.05, 0.1) is 5.69 Å². The van der Waals surface area contributed by atoms with Crippen molar-refractivity contribution in [3.63, 3.8) is 0 Å². The van der Waals surface area contributed by atoms with Crippen LogP contribution in [0.1, 0.15) is 28.9 Å². The lowest BCUT2D eigenvalue weighted by atomic mass is 9.90. The lowest BCUT2D eigenvalue weighted by molar-refractivity contribution is 0.0684. The summed E-state index contributed by atoms with van der Waals surface area (Å²) in [4.78, 5) is 14.7. The van der Waals surface area contributed by atoms with E-state index in [1.54, 1.807) is 18.2 Å². The largest absolute Gasteiger partial charge is 0.337 e. The average Bonchev–Trinajstić information content (AvgIpc) is 3.20. The molecule has 0 unspecified atom stereocenters. The molecule has 1 aliphatic rings. The summed E-state index contributed by atoms with van der Waals surface area (Å²) >= 11 is 0. The van der Waals surface area contributed by atoms with E-state index in [9.17, 15) is 9.18 Å². The number of likely N-dealkylation sites (tertiary alicyclic amines) is 1. The molecular weight excluding hydrogens is 341 g/mol. The molecule has 0 saturated carbocycles. The highest BCUT2D eigenvalue weighted by Gasteiger charge is 2.25. The maximum absolute atomic E-state index is 13.1. The summed E-state index contributed by atoms with van der Waals surface area (Å²) in [6.07, 6.45) is 3.10. The van der Waals surface area contributed by atoms with Crippen LogP contribution in [0.15, 0.2) is 60.7 Å². The Hall–Kier alpha value is -2.95. The molecule has 1 N–H and O–H groups in total. The number of piperidine rings is 1. The number of hydrogen-bond donors (Lipinski definition) is 1. The topological polar surface area (TPSA) is 49.0 Å². The van der Waals surface area contributed by atoms with E-state index in [-0.39, 0.29) is 11.7 Å². The van der Waals surface area contributed by atoms with Gasteiger partial charge in [-0.05, 0) is 61.1 Å². The van der Waals surface area contributed by atoms with Crippen molar-refractivity contribution < 1.29 is 9.18 Å². The Kier molecular flexibility index (Phi) is 5.01. The number of carbonyl (C=O) groups excluding carboxylic acids is 1. The molecule has 2 heterocycles. The van der Waals surface area contributed by atoms with Gasteiger partial charge in [-0.1, -0.05) is 30.3 Å². The summed E-state index contributed by atoms with van der Waals surface area (Å²) in [5.74, 6) is 0.311. The van der Waals surface area contributed by atoms with Crippen LogP contribution in [0.2, 0.25) is 0 Å². The van der Waals surface area contributed by atoms with E-state index in [0.29, 0.717) is 17.3 Å². The lowest BCUT2D eigenvalue weighted by Gasteiger charge is -2.31. The minimum Gasteiger partial charge on any atom is -0.337 e. The molecule has 4 nitrogen and oxygen atoms in total. The van der Waals surface area contributed by atoms with Gasteiger partial charge in [0.2, 0.25) is 0 Å². The van der Waals surface area contributed by atoms with E-state index in [1.165, 1.54) is 17.7 Å². The number of H-pyrrole nitrogens is 1. The first-order valence-electron chi connectivity index (χ1n) is 9.33. The number of carbonyl (C=O) groups is 1. The van der Waals surface area contributed by atoms with Gasteiger partial charge in [0.1, 0.15) is 11.5 Å². The van der Waals surface area contributed by atoms with E-state index < -0.39 is 0 Å². The second-order valence-electron chi connectivity index (χ2n) is 7.10. The fourth-order valence-electron chi connectivity index (χ4n) is 3.66. The zero-order chi connectivity index (χ0) is 18.6. The van der Waals surface area contributed by atoms with Crippen LogP contribution in [-0.4, -0.2) is 34.1 Å². The standard InChI is InChI=1S/C22H22FN3O/c23-19-8-6-18(7-9-19)20-15-21(25-24-20)22(27)26-12-10-17(11-13-26)14-16-4-2-1-3-5-16/h1-9,15,17H,10-14H2,(H,24,25). The third-order valence-corrected chi connectivity index (χ3v) is 5.22. The lowest BCUT2D eigenvalue weighted by Crippen LogP contribution is -2.39. The predicted molar refractivity (Wildman–Crippen MR) is 103 cm³/mol.